The van der Waals surface area contributed by atoms with Gasteiger partial charge in [-0.1, -0.05) is 0 Å². The average molecular weight is 373 g/mol. The van der Waals surface area contributed by atoms with Crippen molar-refractivity contribution >= 4 is 5.97 Å². The molecule has 2 aromatic rings. The fourth-order valence-corrected chi connectivity index (χ4v) is 2.16. The van der Waals surface area contributed by atoms with Gasteiger partial charge in [-0.15, -0.1) is 0 Å². The van der Waals surface area contributed by atoms with E-state index in [1.54, 1.807) is 0 Å². The summed E-state index contributed by atoms with van der Waals surface area (Å²) in [5.41, 5.74) is 10.5. The molecule has 10 heteroatoms. The smallest absolute Gasteiger partial charge is 0.475 e. The van der Waals surface area contributed by atoms with Crippen LogP contribution < -0.4 is 5.73 Å². The molecular formula is C16H22F3N5O2. The van der Waals surface area contributed by atoms with Crippen molar-refractivity contribution in [3.63, 3.8) is 0 Å². The van der Waals surface area contributed by atoms with Crippen LogP contribution in [0.1, 0.15) is 22.4 Å². The summed E-state index contributed by atoms with van der Waals surface area (Å²) >= 11 is 0. The van der Waals surface area contributed by atoms with Crippen LogP contribution in [0.25, 0.3) is 0 Å². The van der Waals surface area contributed by atoms with Crippen molar-refractivity contribution in [2.75, 3.05) is 7.05 Å². The molecule has 0 bridgehead atoms. The normalized spacial score (nSPS) is 11.2. The van der Waals surface area contributed by atoms with Crippen molar-refractivity contribution in [2.45, 2.75) is 32.7 Å². The lowest BCUT2D eigenvalue weighted by Gasteiger charge is -2.18. The van der Waals surface area contributed by atoms with Crippen LogP contribution in [0.4, 0.5) is 13.2 Å². The lowest BCUT2D eigenvalue weighted by atomic mass is 10.1. The third kappa shape index (κ3) is 6.45. The maximum Gasteiger partial charge on any atom is 0.490 e. The molecule has 0 amide bonds. The van der Waals surface area contributed by atoms with Crippen LogP contribution in [0.3, 0.4) is 0 Å². The number of carbonyl (C=O) groups is 1. The van der Waals surface area contributed by atoms with E-state index in [0.29, 0.717) is 6.54 Å². The molecule has 0 spiro atoms. The Morgan fingerprint density at radius 3 is 2.42 bits per heavy atom. The predicted octanol–water partition coefficient (Wildman–Crippen LogP) is 1.85. The van der Waals surface area contributed by atoms with Crippen molar-refractivity contribution in [1.29, 1.82) is 0 Å². The third-order valence-corrected chi connectivity index (χ3v) is 3.61. The van der Waals surface area contributed by atoms with E-state index in [4.69, 9.17) is 15.6 Å². The number of nitrogens with zero attached hydrogens (tertiary/aromatic N) is 4. The summed E-state index contributed by atoms with van der Waals surface area (Å²) in [5, 5.41) is 11.4. The standard InChI is InChI=1S/C14H21N5.C2HF3O2/c1-11-7-16-5-4-12(11)9-18(2)10-14-13(6-15)8-17-19(14)3;3-2(4,5)1(6)7/h4-5,7-8H,6,9-10,15H2,1-3H3;(H,6,7). The molecule has 0 saturated carbocycles. The zero-order valence-electron chi connectivity index (χ0n) is 14.8. The van der Waals surface area contributed by atoms with Gasteiger partial charge in [-0.25, -0.2) is 4.79 Å². The van der Waals surface area contributed by atoms with Gasteiger partial charge in [0.1, 0.15) is 0 Å². The van der Waals surface area contributed by atoms with Gasteiger partial charge in [0.05, 0.1) is 11.9 Å². The first kappa shape index (κ1) is 21.6. The largest absolute Gasteiger partial charge is 0.490 e. The second-order valence-corrected chi connectivity index (χ2v) is 5.72. The zero-order valence-corrected chi connectivity index (χ0v) is 14.8. The highest BCUT2D eigenvalue weighted by Gasteiger charge is 2.38. The number of rotatable bonds is 5. The molecule has 0 aliphatic heterocycles. The van der Waals surface area contributed by atoms with E-state index in [1.165, 1.54) is 16.8 Å². The highest BCUT2D eigenvalue weighted by Crippen LogP contribution is 2.14. The number of hydrogen-bond donors (Lipinski definition) is 2. The Morgan fingerprint density at radius 2 is 1.92 bits per heavy atom. The number of pyridine rings is 1. The number of aliphatic carboxylic acids is 1. The molecule has 0 aliphatic carbocycles. The number of aryl methyl sites for hydroxylation is 2. The number of aromatic nitrogens is 3. The Bertz CT molecular complexity index is 731. The minimum atomic E-state index is -5.08. The number of alkyl halides is 3. The molecule has 2 aromatic heterocycles. The van der Waals surface area contributed by atoms with Gasteiger partial charge in [-0.05, 0) is 31.2 Å². The van der Waals surface area contributed by atoms with Crippen LogP contribution in [0.15, 0.2) is 24.7 Å². The van der Waals surface area contributed by atoms with Crippen molar-refractivity contribution in [2.24, 2.45) is 12.8 Å². The SMILES string of the molecule is Cc1cnccc1CN(C)Cc1c(CN)cnn1C.O=C(O)C(F)(F)F. The van der Waals surface area contributed by atoms with Crippen LogP contribution in [0.2, 0.25) is 0 Å². The quantitative estimate of drug-likeness (QED) is 0.830. The molecule has 0 atom stereocenters. The minimum absolute atomic E-state index is 0.533. The lowest BCUT2D eigenvalue weighted by molar-refractivity contribution is -0.192. The summed E-state index contributed by atoms with van der Waals surface area (Å²) in [4.78, 5) is 15.3. The maximum atomic E-state index is 10.6. The summed E-state index contributed by atoms with van der Waals surface area (Å²) < 4.78 is 33.6. The molecular weight excluding hydrogens is 351 g/mol. The molecule has 7 nitrogen and oxygen atoms in total. The molecule has 0 unspecified atom stereocenters. The van der Waals surface area contributed by atoms with Gasteiger partial charge in [-0.3, -0.25) is 14.6 Å². The number of carboxylic acid groups (broad SMARTS) is 1. The van der Waals surface area contributed by atoms with Crippen molar-refractivity contribution in [3.05, 3.63) is 47.0 Å². The Hall–Kier alpha value is -2.46. The second kappa shape index (κ2) is 9.30. The predicted molar refractivity (Wildman–Crippen MR) is 88.9 cm³/mol. The topological polar surface area (TPSA) is 97.3 Å². The van der Waals surface area contributed by atoms with E-state index in [0.717, 1.165) is 18.7 Å². The van der Waals surface area contributed by atoms with Crippen molar-refractivity contribution in [3.8, 4) is 0 Å². The van der Waals surface area contributed by atoms with Gasteiger partial charge in [0.25, 0.3) is 0 Å². The summed E-state index contributed by atoms with van der Waals surface area (Å²) in [6, 6.07) is 2.07. The van der Waals surface area contributed by atoms with Crippen molar-refractivity contribution < 1.29 is 23.1 Å². The third-order valence-electron chi connectivity index (χ3n) is 3.61. The van der Waals surface area contributed by atoms with Gasteiger partial charge in [0.2, 0.25) is 0 Å². The van der Waals surface area contributed by atoms with Gasteiger partial charge < -0.3 is 10.8 Å². The van der Waals surface area contributed by atoms with E-state index in [1.807, 2.05) is 30.3 Å². The summed E-state index contributed by atoms with van der Waals surface area (Å²) in [5.74, 6) is -2.76. The van der Waals surface area contributed by atoms with E-state index >= 15 is 0 Å². The molecule has 144 valence electrons. The molecule has 3 N–H and O–H groups in total. The highest BCUT2D eigenvalue weighted by molar-refractivity contribution is 5.73. The second-order valence-electron chi connectivity index (χ2n) is 5.72. The Kier molecular flexibility index (Phi) is 7.72. The minimum Gasteiger partial charge on any atom is -0.475 e. The first-order valence-corrected chi connectivity index (χ1v) is 7.64. The van der Waals surface area contributed by atoms with Gasteiger partial charge in [-0.2, -0.15) is 18.3 Å². The number of carboxylic acids is 1. The first-order chi connectivity index (χ1) is 12.1. The monoisotopic (exact) mass is 373 g/mol. The summed E-state index contributed by atoms with van der Waals surface area (Å²) in [6.07, 6.45) is 0.505. The van der Waals surface area contributed by atoms with Crippen LogP contribution in [0, 0.1) is 6.92 Å². The molecule has 0 radical (unpaired) electrons. The van der Waals surface area contributed by atoms with Crippen LogP contribution in [-0.2, 0) is 31.5 Å². The fraction of sp³-hybridized carbons (Fsp3) is 0.438. The summed E-state index contributed by atoms with van der Waals surface area (Å²) in [6.45, 7) is 4.35. The van der Waals surface area contributed by atoms with E-state index in [-0.39, 0.29) is 0 Å². The Labute approximate surface area is 149 Å². The molecule has 2 rings (SSSR count). The molecule has 0 fully saturated rings. The Morgan fingerprint density at radius 1 is 1.31 bits per heavy atom. The van der Waals surface area contributed by atoms with E-state index in [9.17, 15) is 13.2 Å². The van der Waals surface area contributed by atoms with Crippen LogP contribution >= 0.6 is 0 Å². The van der Waals surface area contributed by atoms with Gasteiger partial charge in [0.15, 0.2) is 0 Å². The lowest BCUT2D eigenvalue weighted by Crippen LogP contribution is -2.21. The molecule has 26 heavy (non-hydrogen) atoms. The van der Waals surface area contributed by atoms with Crippen molar-refractivity contribution in [1.82, 2.24) is 19.7 Å². The van der Waals surface area contributed by atoms with E-state index < -0.39 is 12.1 Å². The number of nitrogens with two attached hydrogens (primary N) is 1. The van der Waals surface area contributed by atoms with Crippen LogP contribution in [-0.4, -0.2) is 44.0 Å². The van der Waals surface area contributed by atoms with E-state index in [2.05, 4.69) is 35.0 Å². The number of hydrogen-bond acceptors (Lipinski definition) is 5. The van der Waals surface area contributed by atoms with Gasteiger partial charge >= 0.3 is 12.1 Å². The highest BCUT2D eigenvalue weighted by atomic mass is 19.4. The number of halogens is 3. The fourth-order valence-electron chi connectivity index (χ4n) is 2.16. The molecule has 2 heterocycles. The molecule has 0 aromatic carbocycles. The molecule has 0 saturated heterocycles. The average Bonchev–Trinajstić information content (AvgIpc) is 2.89. The van der Waals surface area contributed by atoms with Gasteiger partial charge in [0, 0.05) is 44.6 Å². The maximum absolute atomic E-state index is 10.6. The summed E-state index contributed by atoms with van der Waals surface area (Å²) in [7, 11) is 4.06. The first-order valence-electron chi connectivity index (χ1n) is 7.64. The zero-order chi connectivity index (χ0) is 19.9. The molecule has 0 aliphatic rings. The Balaban J connectivity index is 0.000000412. The van der Waals surface area contributed by atoms with Crippen LogP contribution in [0.5, 0.6) is 0 Å².